The molecule has 2 aromatic heterocycles. The molecule has 1 N–H and O–H groups in total. The molecule has 1 unspecified atom stereocenters. The SMILES string of the molecule is Cc1cc(NC(=O)C2CCCN(C(=O)c3cccs3)C2)n(-c2cccc(Cl)c2)n1. The minimum Gasteiger partial charge on any atom is -0.337 e. The van der Waals surface area contributed by atoms with Gasteiger partial charge in [0.25, 0.3) is 5.91 Å². The monoisotopic (exact) mass is 428 g/mol. The second-order valence-electron chi connectivity index (χ2n) is 7.12. The lowest BCUT2D eigenvalue weighted by Crippen LogP contribution is -2.43. The summed E-state index contributed by atoms with van der Waals surface area (Å²) in [6.45, 7) is 2.98. The number of hydrogen-bond donors (Lipinski definition) is 1. The van der Waals surface area contributed by atoms with E-state index in [0.29, 0.717) is 28.8 Å². The van der Waals surface area contributed by atoms with E-state index >= 15 is 0 Å². The van der Waals surface area contributed by atoms with Crippen molar-refractivity contribution >= 4 is 40.6 Å². The van der Waals surface area contributed by atoms with E-state index in [1.54, 1.807) is 21.7 Å². The van der Waals surface area contributed by atoms with E-state index in [9.17, 15) is 9.59 Å². The van der Waals surface area contributed by atoms with Crippen LogP contribution in [0.15, 0.2) is 47.8 Å². The van der Waals surface area contributed by atoms with Gasteiger partial charge in [-0.25, -0.2) is 4.68 Å². The van der Waals surface area contributed by atoms with Crippen LogP contribution in [-0.4, -0.2) is 39.6 Å². The summed E-state index contributed by atoms with van der Waals surface area (Å²) >= 11 is 7.53. The molecule has 1 fully saturated rings. The van der Waals surface area contributed by atoms with Crippen molar-refractivity contribution in [2.24, 2.45) is 5.92 Å². The van der Waals surface area contributed by atoms with E-state index in [1.165, 1.54) is 11.3 Å². The van der Waals surface area contributed by atoms with Gasteiger partial charge in [-0.05, 0) is 49.4 Å². The van der Waals surface area contributed by atoms with E-state index in [1.807, 2.05) is 42.6 Å². The van der Waals surface area contributed by atoms with Crippen LogP contribution in [0.25, 0.3) is 5.69 Å². The first-order valence-corrected chi connectivity index (χ1v) is 10.7. The zero-order chi connectivity index (χ0) is 20.4. The fourth-order valence-corrected chi connectivity index (χ4v) is 4.43. The van der Waals surface area contributed by atoms with Crippen LogP contribution in [0.4, 0.5) is 5.82 Å². The largest absolute Gasteiger partial charge is 0.337 e. The number of aryl methyl sites for hydroxylation is 1. The Labute approximate surface area is 178 Å². The normalized spacial score (nSPS) is 16.6. The highest BCUT2D eigenvalue weighted by molar-refractivity contribution is 7.12. The van der Waals surface area contributed by atoms with Crippen LogP contribution in [0.1, 0.15) is 28.2 Å². The third kappa shape index (κ3) is 4.36. The second-order valence-corrected chi connectivity index (χ2v) is 8.50. The number of benzene rings is 1. The van der Waals surface area contributed by atoms with Crippen LogP contribution >= 0.6 is 22.9 Å². The van der Waals surface area contributed by atoms with Crippen LogP contribution in [-0.2, 0) is 4.79 Å². The molecular formula is C21H21ClN4O2S. The third-order valence-electron chi connectivity index (χ3n) is 4.95. The Kier molecular flexibility index (Phi) is 5.69. The number of hydrogen-bond acceptors (Lipinski definition) is 4. The van der Waals surface area contributed by atoms with Gasteiger partial charge in [0.05, 0.1) is 22.2 Å². The van der Waals surface area contributed by atoms with Crippen LogP contribution in [0.2, 0.25) is 5.02 Å². The fraction of sp³-hybridized carbons (Fsp3) is 0.286. The van der Waals surface area contributed by atoms with Gasteiger partial charge in [-0.15, -0.1) is 11.3 Å². The molecule has 0 bridgehead atoms. The number of halogens is 1. The number of anilines is 1. The second kappa shape index (κ2) is 8.39. The van der Waals surface area contributed by atoms with Gasteiger partial charge in [0.2, 0.25) is 5.91 Å². The first-order valence-electron chi connectivity index (χ1n) is 9.47. The Bertz CT molecular complexity index is 1030. The number of carbonyl (C=O) groups excluding carboxylic acids is 2. The number of rotatable bonds is 4. The van der Waals surface area contributed by atoms with Crippen molar-refractivity contribution in [3.63, 3.8) is 0 Å². The quantitative estimate of drug-likeness (QED) is 0.670. The minimum atomic E-state index is -0.254. The molecule has 6 nitrogen and oxygen atoms in total. The molecule has 1 aromatic carbocycles. The molecule has 3 heterocycles. The molecule has 0 radical (unpaired) electrons. The summed E-state index contributed by atoms with van der Waals surface area (Å²) in [5.74, 6) is 0.237. The summed E-state index contributed by atoms with van der Waals surface area (Å²) in [5.41, 5.74) is 1.57. The summed E-state index contributed by atoms with van der Waals surface area (Å²) in [6.07, 6.45) is 1.56. The van der Waals surface area contributed by atoms with E-state index in [2.05, 4.69) is 10.4 Å². The summed E-state index contributed by atoms with van der Waals surface area (Å²) in [6, 6.07) is 12.8. The molecular weight excluding hydrogens is 408 g/mol. The Hall–Kier alpha value is -2.64. The predicted molar refractivity (Wildman–Crippen MR) is 115 cm³/mol. The molecule has 2 amide bonds. The number of amides is 2. The van der Waals surface area contributed by atoms with Gasteiger partial charge >= 0.3 is 0 Å². The van der Waals surface area contributed by atoms with Crippen molar-refractivity contribution in [3.8, 4) is 5.69 Å². The molecule has 8 heteroatoms. The van der Waals surface area contributed by atoms with Crippen LogP contribution in [0, 0.1) is 12.8 Å². The zero-order valence-electron chi connectivity index (χ0n) is 16.0. The van der Waals surface area contributed by atoms with Gasteiger partial charge in [0.1, 0.15) is 5.82 Å². The van der Waals surface area contributed by atoms with Gasteiger partial charge in [-0.2, -0.15) is 5.10 Å². The first kappa shape index (κ1) is 19.7. The molecule has 4 rings (SSSR count). The molecule has 150 valence electrons. The molecule has 3 aromatic rings. The highest BCUT2D eigenvalue weighted by Crippen LogP contribution is 2.24. The zero-order valence-corrected chi connectivity index (χ0v) is 17.5. The van der Waals surface area contributed by atoms with Crippen LogP contribution in [0.5, 0.6) is 0 Å². The summed E-state index contributed by atoms with van der Waals surface area (Å²) in [7, 11) is 0. The third-order valence-corrected chi connectivity index (χ3v) is 6.04. The number of nitrogens with zero attached hydrogens (tertiary/aromatic N) is 3. The Morgan fingerprint density at radius 3 is 2.86 bits per heavy atom. The Morgan fingerprint density at radius 2 is 2.10 bits per heavy atom. The molecule has 0 spiro atoms. The predicted octanol–water partition coefficient (Wildman–Crippen LogP) is 4.39. The van der Waals surface area contributed by atoms with E-state index < -0.39 is 0 Å². The summed E-state index contributed by atoms with van der Waals surface area (Å²) in [5, 5.41) is 9.96. The number of piperidine rings is 1. The highest BCUT2D eigenvalue weighted by atomic mass is 35.5. The average molecular weight is 429 g/mol. The Morgan fingerprint density at radius 1 is 1.24 bits per heavy atom. The van der Waals surface area contributed by atoms with Crippen molar-refractivity contribution in [1.82, 2.24) is 14.7 Å². The smallest absolute Gasteiger partial charge is 0.263 e. The van der Waals surface area contributed by atoms with Crippen molar-refractivity contribution in [2.75, 3.05) is 18.4 Å². The number of carbonyl (C=O) groups is 2. The molecule has 29 heavy (non-hydrogen) atoms. The fourth-order valence-electron chi connectivity index (χ4n) is 3.55. The topological polar surface area (TPSA) is 67.2 Å². The average Bonchev–Trinajstić information content (AvgIpc) is 3.37. The standard InChI is InChI=1S/C21H21ClN4O2S/c1-14-11-19(26(24-14)17-7-2-6-16(22)12-17)23-20(27)15-5-3-9-25(13-15)21(28)18-8-4-10-29-18/h2,4,6-8,10-12,15H,3,5,9,13H2,1H3,(H,23,27). The number of aromatic nitrogens is 2. The molecule has 1 aliphatic heterocycles. The van der Waals surface area contributed by atoms with Crippen molar-refractivity contribution in [3.05, 3.63) is 63.4 Å². The molecule has 1 aliphatic rings. The molecule has 1 atom stereocenters. The lowest BCUT2D eigenvalue weighted by molar-refractivity contribution is -0.121. The minimum absolute atomic E-state index is 0.00249. The van der Waals surface area contributed by atoms with Gasteiger partial charge in [-0.3, -0.25) is 9.59 Å². The van der Waals surface area contributed by atoms with Crippen LogP contribution < -0.4 is 5.32 Å². The maximum Gasteiger partial charge on any atom is 0.263 e. The first-order chi connectivity index (χ1) is 14.0. The number of nitrogens with one attached hydrogen (secondary N) is 1. The van der Waals surface area contributed by atoms with E-state index in [0.717, 1.165) is 24.2 Å². The highest BCUT2D eigenvalue weighted by Gasteiger charge is 2.30. The van der Waals surface area contributed by atoms with Crippen molar-refractivity contribution in [1.29, 1.82) is 0 Å². The van der Waals surface area contributed by atoms with E-state index in [4.69, 9.17) is 11.6 Å². The van der Waals surface area contributed by atoms with Gasteiger partial charge < -0.3 is 10.2 Å². The van der Waals surface area contributed by atoms with Gasteiger partial charge in [0.15, 0.2) is 0 Å². The van der Waals surface area contributed by atoms with Crippen molar-refractivity contribution < 1.29 is 9.59 Å². The molecule has 1 saturated heterocycles. The van der Waals surface area contributed by atoms with Gasteiger partial charge in [-0.1, -0.05) is 23.7 Å². The summed E-state index contributed by atoms with van der Waals surface area (Å²) < 4.78 is 1.68. The lowest BCUT2D eigenvalue weighted by Gasteiger charge is -2.31. The van der Waals surface area contributed by atoms with E-state index in [-0.39, 0.29) is 17.7 Å². The lowest BCUT2D eigenvalue weighted by atomic mass is 9.97. The maximum absolute atomic E-state index is 13.0. The number of thiophene rings is 1. The van der Waals surface area contributed by atoms with Crippen molar-refractivity contribution in [2.45, 2.75) is 19.8 Å². The summed E-state index contributed by atoms with van der Waals surface area (Å²) in [4.78, 5) is 28.1. The molecule has 0 aliphatic carbocycles. The number of likely N-dealkylation sites (tertiary alicyclic amines) is 1. The maximum atomic E-state index is 13.0. The Balaban J connectivity index is 1.49. The molecule has 0 saturated carbocycles. The van der Waals surface area contributed by atoms with Crippen LogP contribution in [0.3, 0.4) is 0 Å². The van der Waals surface area contributed by atoms with Gasteiger partial charge in [0, 0.05) is 24.2 Å².